The maximum Gasteiger partial charge on any atom is 0.288 e. The molecular weight excluding hydrogens is 436 g/mol. The monoisotopic (exact) mass is 456 g/mol. The minimum atomic E-state index is -0.601. The Kier molecular flexibility index (Phi) is 7.11. The lowest BCUT2D eigenvalue weighted by Crippen LogP contribution is -2.29. The molecule has 32 heavy (non-hydrogen) atoms. The number of nitrogens with one attached hydrogen (secondary N) is 1. The van der Waals surface area contributed by atoms with Gasteiger partial charge in [0.2, 0.25) is 5.91 Å². The molecule has 0 saturated carbocycles. The van der Waals surface area contributed by atoms with Gasteiger partial charge < -0.3 is 19.4 Å². The predicted molar refractivity (Wildman–Crippen MR) is 120 cm³/mol. The Balaban J connectivity index is 1.90. The van der Waals surface area contributed by atoms with Gasteiger partial charge in [0.05, 0.1) is 19.1 Å². The minimum absolute atomic E-state index is 0.0263. The van der Waals surface area contributed by atoms with Gasteiger partial charge in [-0.2, -0.15) is 0 Å². The van der Waals surface area contributed by atoms with Crippen molar-refractivity contribution in [3.63, 3.8) is 0 Å². The summed E-state index contributed by atoms with van der Waals surface area (Å²) in [4.78, 5) is 27.6. The fraction of sp³-hybridized carbons (Fsp3) is 0.182. The number of methoxy groups -OCH3 is 2. The molecule has 3 aromatic rings. The lowest BCUT2D eigenvalue weighted by Gasteiger charge is -2.20. The number of hydrogen-bond acceptors (Lipinski definition) is 6. The van der Waals surface area contributed by atoms with Crippen molar-refractivity contribution in [2.75, 3.05) is 14.2 Å². The molecule has 0 saturated heterocycles. The van der Waals surface area contributed by atoms with E-state index in [9.17, 15) is 14.9 Å². The van der Waals surface area contributed by atoms with Gasteiger partial charge in [0.1, 0.15) is 28.4 Å². The van der Waals surface area contributed by atoms with E-state index in [1.165, 1.54) is 24.3 Å². The molecule has 3 rings (SSSR count). The number of halogens is 1. The summed E-state index contributed by atoms with van der Waals surface area (Å²) in [7, 11) is 4.91. The Bertz CT molecular complexity index is 1150. The molecule has 9 nitrogen and oxygen atoms in total. The average molecular weight is 457 g/mol. The molecule has 0 spiro atoms. The van der Waals surface area contributed by atoms with E-state index < -0.39 is 16.9 Å². The number of amides is 1. The summed E-state index contributed by atoms with van der Waals surface area (Å²) >= 11 is 5.84. The van der Waals surface area contributed by atoms with Crippen molar-refractivity contribution in [3.8, 4) is 11.5 Å². The number of nitro groups is 1. The highest BCUT2D eigenvalue weighted by Gasteiger charge is 2.22. The van der Waals surface area contributed by atoms with Gasteiger partial charge in [-0.05, 0) is 35.4 Å². The zero-order chi connectivity index (χ0) is 23.3. The molecule has 166 valence electrons. The molecule has 0 fully saturated rings. The van der Waals surface area contributed by atoms with Gasteiger partial charge in [-0.25, -0.2) is 4.98 Å². The number of hydrogen-bond donors (Lipinski definition) is 1. The molecule has 1 heterocycles. The number of ether oxygens (including phenoxy) is 2. The summed E-state index contributed by atoms with van der Waals surface area (Å²) in [5, 5.41) is 14.0. The Hall–Kier alpha value is -3.85. The summed E-state index contributed by atoms with van der Waals surface area (Å²) in [6, 6.07) is 9.00. The van der Waals surface area contributed by atoms with E-state index in [-0.39, 0.29) is 10.7 Å². The molecule has 0 radical (unpaired) electrons. The fourth-order valence-electron chi connectivity index (χ4n) is 3.08. The fourth-order valence-corrected chi connectivity index (χ4v) is 3.27. The molecule has 1 atom stereocenters. The molecule has 0 aliphatic heterocycles. The van der Waals surface area contributed by atoms with Gasteiger partial charge in [-0.15, -0.1) is 0 Å². The van der Waals surface area contributed by atoms with E-state index in [0.717, 1.165) is 0 Å². The van der Waals surface area contributed by atoms with Crippen LogP contribution in [0.5, 0.6) is 11.5 Å². The second-order valence-electron chi connectivity index (χ2n) is 6.79. The molecule has 1 N–H and O–H groups in total. The Morgan fingerprint density at radius 1 is 1.22 bits per heavy atom. The first-order valence-electron chi connectivity index (χ1n) is 9.45. The summed E-state index contributed by atoms with van der Waals surface area (Å²) < 4.78 is 12.5. The van der Waals surface area contributed by atoms with Crippen molar-refractivity contribution in [1.29, 1.82) is 0 Å². The van der Waals surface area contributed by atoms with Crippen LogP contribution < -0.4 is 14.8 Å². The molecular formula is C22H21ClN4O5. The van der Waals surface area contributed by atoms with Crippen LogP contribution in [-0.2, 0) is 11.8 Å². The standard InChI is InChI=1S/C22H21ClN4O5/c1-26-9-8-24-22(26)21(15-11-16(31-2)13-17(12-15)32-3)25-20(28)7-5-14-4-6-18(23)19(10-14)27(29)30/h4-13,21H,1-3H3,(H,25,28)/b7-5+. The maximum absolute atomic E-state index is 12.7. The lowest BCUT2D eigenvalue weighted by atomic mass is 10.0. The molecule has 1 aromatic heterocycles. The van der Waals surface area contributed by atoms with Gasteiger partial charge in [0.25, 0.3) is 5.69 Å². The largest absolute Gasteiger partial charge is 0.497 e. The first-order valence-corrected chi connectivity index (χ1v) is 9.83. The maximum atomic E-state index is 12.7. The average Bonchev–Trinajstić information content (AvgIpc) is 3.21. The highest BCUT2D eigenvalue weighted by molar-refractivity contribution is 6.32. The van der Waals surface area contributed by atoms with Gasteiger partial charge in [-0.3, -0.25) is 14.9 Å². The smallest absolute Gasteiger partial charge is 0.288 e. The number of imidazole rings is 1. The van der Waals surface area contributed by atoms with Crippen LogP contribution in [0.3, 0.4) is 0 Å². The van der Waals surface area contributed by atoms with Crippen LogP contribution in [0.25, 0.3) is 6.08 Å². The summed E-state index contributed by atoms with van der Waals surface area (Å²) in [5.41, 5.74) is 0.941. The minimum Gasteiger partial charge on any atom is -0.497 e. The van der Waals surface area contributed by atoms with Crippen molar-refractivity contribution in [3.05, 3.63) is 87.0 Å². The summed E-state index contributed by atoms with van der Waals surface area (Å²) in [5.74, 6) is 1.32. The van der Waals surface area contributed by atoms with E-state index in [2.05, 4.69) is 10.3 Å². The predicted octanol–water partition coefficient (Wildman–Crippen LogP) is 3.92. The first kappa shape index (κ1) is 22.8. The molecule has 2 aromatic carbocycles. The number of aromatic nitrogens is 2. The van der Waals surface area contributed by atoms with Crippen LogP contribution in [0.15, 0.2) is 54.9 Å². The molecule has 10 heteroatoms. The highest BCUT2D eigenvalue weighted by atomic mass is 35.5. The number of nitrogens with zero attached hydrogens (tertiary/aromatic N) is 3. The molecule has 1 unspecified atom stereocenters. The Morgan fingerprint density at radius 3 is 2.47 bits per heavy atom. The Morgan fingerprint density at radius 2 is 1.91 bits per heavy atom. The van der Waals surface area contributed by atoms with Crippen LogP contribution in [-0.4, -0.2) is 34.6 Å². The normalized spacial score (nSPS) is 11.9. The second-order valence-corrected chi connectivity index (χ2v) is 7.19. The third-order valence-electron chi connectivity index (χ3n) is 4.70. The second kappa shape index (κ2) is 9.97. The number of carbonyl (C=O) groups is 1. The zero-order valence-electron chi connectivity index (χ0n) is 17.6. The number of rotatable bonds is 8. The van der Waals surface area contributed by atoms with Gasteiger partial charge in [0.15, 0.2) is 0 Å². The number of benzene rings is 2. The molecule has 0 bridgehead atoms. The zero-order valence-corrected chi connectivity index (χ0v) is 18.4. The van der Waals surface area contributed by atoms with Crippen LogP contribution in [0.4, 0.5) is 5.69 Å². The third kappa shape index (κ3) is 5.25. The van der Waals surface area contributed by atoms with E-state index >= 15 is 0 Å². The molecule has 0 aliphatic rings. The highest BCUT2D eigenvalue weighted by Crippen LogP contribution is 2.30. The van der Waals surface area contributed by atoms with E-state index in [0.29, 0.717) is 28.5 Å². The number of carbonyl (C=O) groups excluding carboxylic acids is 1. The SMILES string of the molecule is COc1cc(OC)cc(C(NC(=O)/C=C/c2ccc(Cl)c([N+](=O)[O-])c2)c2nccn2C)c1. The van der Waals surface area contributed by atoms with E-state index in [1.807, 2.05) is 7.05 Å². The van der Waals surface area contributed by atoms with Crippen LogP contribution in [0.1, 0.15) is 23.0 Å². The Labute approximate surface area is 189 Å². The number of nitro benzene ring substituents is 1. The van der Waals surface area contributed by atoms with E-state index in [4.69, 9.17) is 21.1 Å². The topological polar surface area (TPSA) is 109 Å². The molecule has 0 aliphatic carbocycles. The lowest BCUT2D eigenvalue weighted by molar-refractivity contribution is -0.384. The van der Waals surface area contributed by atoms with Gasteiger partial charge in [-0.1, -0.05) is 17.7 Å². The molecule has 1 amide bonds. The van der Waals surface area contributed by atoms with Crippen molar-refractivity contribution < 1.29 is 19.2 Å². The summed E-state index contributed by atoms with van der Waals surface area (Å²) in [6.07, 6.45) is 6.17. The van der Waals surface area contributed by atoms with Crippen LogP contribution in [0, 0.1) is 10.1 Å². The van der Waals surface area contributed by atoms with Crippen molar-refractivity contribution in [2.45, 2.75) is 6.04 Å². The van der Waals surface area contributed by atoms with E-state index in [1.54, 1.807) is 55.4 Å². The van der Waals surface area contributed by atoms with Gasteiger partial charge >= 0.3 is 0 Å². The van der Waals surface area contributed by atoms with Crippen molar-refractivity contribution >= 4 is 29.3 Å². The quantitative estimate of drug-likeness (QED) is 0.312. The first-order chi connectivity index (χ1) is 15.3. The third-order valence-corrected chi connectivity index (χ3v) is 5.02. The van der Waals surface area contributed by atoms with Crippen LogP contribution in [0.2, 0.25) is 5.02 Å². The number of aryl methyl sites for hydroxylation is 1. The van der Waals surface area contributed by atoms with Crippen LogP contribution >= 0.6 is 11.6 Å². The van der Waals surface area contributed by atoms with Gasteiger partial charge in [0, 0.05) is 37.7 Å². The van der Waals surface area contributed by atoms with Crippen molar-refractivity contribution in [1.82, 2.24) is 14.9 Å². The van der Waals surface area contributed by atoms with Crippen molar-refractivity contribution in [2.24, 2.45) is 7.05 Å². The summed E-state index contributed by atoms with van der Waals surface area (Å²) in [6.45, 7) is 0.